The van der Waals surface area contributed by atoms with E-state index in [0.29, 0.717) is 0 Å². The summed E-state index contributed by atoms with van der Waals surface area (Å²) in [5, 5.41) is 0. The zero-order chi connectivity index (χ0) is 6.10. The first-order valence-electron chi connectivity index (χ1n) is 3.82. The van der Waals surface area contributed by atoms with Gasteiger partial charge in [0, 0.05) is 26.2 Å². The quantitative estimate of drug-likeness (QED) is 0.578. The first kappa shape index (κ1) is 8.46. The van der Waals surface area contributed by atoms with Gasteiger partial charge in [-0.1, -0.05) is 23.8 Å². The van der Waals surface area contributed by atoms with Crippen molar-refractivity contribution in [3.63, 3.8) is 0 Å². The van der Waals surface area contributed by atoms with Gasteiger partial charge in [0.2, 0.25) is 0 Å². The summed E-state index contributed by atoms with van der Waals surface area (Å²) in [4.78, 5) is 0. The van der Waals surface area contributed by atoms with Crippen molar-refractivity contribution < 1.29 is 26.2 Å². The molecule has 2 aliphatic rings. The van der Waals surface area contributed by atoms with Crippen LogP contribution in [0.15, 0.2) is 23.8 Å². The minimum atomic E-state index is 0. The fourth-order valence-corrected chi connectivity index (χ4v) is 1.87. The molecule has 52 valence electrons. The average Bonchev–Trinajstić information content (AvgIpc) is 2.33. The van der Waals surface area contributed by atoms with Crippen LogP contribution in [0.2, 0.25) is 0 Å². The van der Waals surface area contributed by atoms with Crippen molar-refractivity contribution in [3.05, 3.63) is 23.8 Å². The molecule has 1 saturated carbocycles. The maximum Gasteiger partial charge on any atom is 0 e. The van der Waals surface area contributed by atoms with E-state index in [1.165, 1.54) is 25.7 Å². The number of rotatable bonds is 0. The Balaban J connectivity index is 0.000000500. The molecule has 0 bridgehead atoms. The second kappa shape index (κ2) is 3.67. The molecule has 1 unspecified atom stereocenters. The first-order chi connectivity index (χ1) is 4.47. The van der Waals surface area contributed by atoms with Gasteiger partial charge in [-0.15, -0.1) is 0 Å². The van der Waals surface area contributed by atoms with Gasteiger partial charge < -0.3 is 0 Å². The Morgan fingerprint density at radius 2 is 2.30 bits per heavy atom. The summed E-state index contributed by atoms with van der Waals surface area (Å²) in [5.41, 5.74) is 1.71. The summed E-state index contributed by atoms with van der Waals surface area (Å²) in [6, 6.07) is 0. The minimum Gasteiger partial charge on any atom is -0.0839 e. The van der Waals surface area contributed by atoms with Gasteiger partial charge in [-0.3, -0.25) is 0 Å². The Labute approximate surface area is 81.5 Å². The van der Waals surface area contributed by atoms with E-state index in [9.17, 15) is 0 Å². The smallest absolute Gasteiger partial charge is 0 e. The third-order valence-electron chi connectivity index (χ3n) is 2.41. The van der Waals surface area contributed by atoms with Crippen molar-refractivity contribution in [2.75, 3.05) is 0 Å². The summed E-state index contributed by atoms with van der Waals surface area (Å²) in [6.45, 7) is 0. The van der Waals surface area contributed by atoms with Crippen LogP contribution >= 0.6 is 0 Å². The molecule has 0 nitrogen and oxygen atoms in total. The fourth-order valence-electron chi connectivity index (χ4n) is 1.87. The Morgan fingerprint density at radius 1 is 1.40 bits per heavy atom. The molecule has 0 aromatic carbocycles. The molecule has 0 aromatic rings. The molecule has 0 aromatic heterocycles. The number of hydrogen-bond acceptors (Lipinski definition) is 0. The van der Waals surface area contributed by atoms with E-state index < -0.39 is 0 Å². The van der Waals surface area contributed by atoms with E-state index in [1.54, 1.807) is 5.57 Å². The van der Waals surface area contributed by atoms with Gasteiger partial charge in [0.25, 0.3) is 0 Å². The van der Waals surface area contributed by atoms with Crippen LogP contribution in [-0.2, 0) is 26.2 Å². The van der Waals surface area contributed by atoms with Gasteiger partial charge in [0.1, 0.15) is 0 Å². The molecule has 0 saturated heterocycles. The van der Waals surface area contributed by atoms with E-state index in [2.05, 4.69) is 18.2 Å². The maximum absolute atomic E-state index is 2.31. The maximum atomic E-state index is 2.31. The van der Waals surface area contributed by atoms with Crippen LogP contribution in [0.4, 0.5) is 0 Å². The van der Waals surface area contributed by atoms with Gasteiger partial charge in [-0.25, -0.2) is 0 Å². The monoisotopic (exact) mass is 210 g/mol. The largest absolute Gasteiger partial charge is 0.0839 e. The molecule has 10 heavy (non-hydrogen) atoms. The third-order valence-corrected chi connectivity index (χ3v) is 2.41. The Kier molecular flexibility index (Phi) is 3.10. The molecular weight excluding hydrogens is 199 g/mol. The Morgan fingerprint density at radius 3 is 3.10 bits per heavy atom. The standard InChI is InChI=1S/C9H12.Zr/c1-2-5-9-7-3-6-8(9)4-1;/h1-2,4,9H,3,5-7H2;. The van der Waals surface area contributed by atoms with Crippen LogP contribution in [0, 0.1) is 5.92 Å². The van der Waals surface area contributed by atoms with E-state index in [-0.39, 0.29) is 26.2 Å². The summed E-state index contributed by atoms with van der Waals surface area (Å²) < 4.78 is 0. The van der Waals surface area contributed by atoms with Gasteiger partial charge in [-0.05, 0) is 31.6 Å². The molecule has 1 fully saturated rings. The van der Waals surface area contributed by atoms with Crippen molar-refractivity contribution in [1.29, 1.82) is 0 Å². The molecular formula is C9H12Zr. The Hall–Kier alpha value is 0.363. The second-order valence-electron chi connectivity index (χ2n) is 2.99. The molecule has 0 aliphatic heterocycles. The van der Waals surface area contributed by atoms with Crippen LogP contribution < -0.4 is 0 Å². The normalized spacial score (nSPS) is 28.8. The fraction of sp³-hybridized carbons (Fsp3) is 0.556. The van der Waals surface area contributed by atoms with E-state index in [1.807, 2.05) is 0 Å². The Bertz CT molecular complexity index is 168. The molecule has 0 spiro atoms. The minimum absolute atomic E-state index is 0. The molecule has 1 heteroatoms. The topological polar surface area (TPSA) is 0 Å². The van der Waals surface area contributed by atoms with E-state index >= 15 is 0 Å². The molecule has 2 aliphatic carbocycles. The molecule has 2 rings (SSSR count). The van der Waals surface area contributed by atoms with Crippen LogP contribution in [0.3, 0.4) is 0 Å². The van der Waals surface area contributed by atoms with Gasteiger partial charge >= 0.3 is 0 Å². The summed E-state index contributed by atoms with van der Waals surface area (Å²) in [7, 11) is 0. The average molecular weight is 211 g/mol. The summed E-state index contributed by atoms with van der Waals surface area (Å²) in [6.07, 6.45) is 12.4. The zero-order valence-electron chi connectivity index (χ0n) is 6.14. The van der Waals surface area contributed by atoms with Gasteiger partial charge in [0.15, 0.2) is 0 Å². The third kappa shape index (κ3) is 1.50. The predicted octanol–water partition coefficient (Wildman–Crippen LogP) is 2.67. The second-order valence-corrected chi connectivity index (χ2v) is 2.99. The first-order valence-corrected chi connectivity index (χ1v) is 3.82. The number of hydrogen-bond donors (Lipinski definition) is 0. The number of allylic oxidation sites excluding steroid dienone is 4. The molecule has 0 N–H and O–H groups in total. The van der Waals surface area contributed by atoms with Crippen molar-refractivity contribution in [1.82, 2.24) is 0 Å². The molecule has 1 atom stereocenters. The van der Waals surface area contributed by atoms with Crippen LogP contribution in [0.1, 0.15) is 25.7 Å². The predicted molar refractivity (Wildman–Crippen MR) is 39.2 cm³/mol. The van der Waals surface area contributed by atoms with Crippen LogP contribution in [-0.4, -0.2) is 0 Å². The SMILES string of the molecule is C1=CCC2CCCC2=C1.[Zr]. The van der Waals surface area contributed by atoms with Gasteiger partial charge in [-0.2, -0.15) is 0 Å². The number of fused-ring (bicyclic) bond motifs is 1. The van der Waals surface area contributed by atoms with E-state index in [4.69, 9.17) is 0 Å². The molecule has 0 amide bonds. The summed E-state index contributed by atoms with van der Waals surface area (Å²) in [5.74, 6) is 0.940. The van der Waals surface area contributed by atoms with E-state index in [0.717, 1.165) is 5.92 Å². The van der Waals surface area contributed by atoms with Crippen molar-refractivity contribution >= 4 is 0 Å². The van der Waals surface area contributed by atoms with Crippen molar-refractivity contribution in [2.24, 2.45) is 5.92 Å². The van der Waals surface area contributed by atoms with Crippen LogP contribution in [0.25, 0.3) is 0 Å². The molecule has 0 heterocycles. The molecule has 0 radical (unpaired) electrons. The van der Waals surface area contributed by atoms with Crippen molar-refractivity contribution in [3.8, 4) is 0 Å². The van der Waals surface area contributed by atoms with Crippen LogP contribution in [0.5, 0.6) is 0 Å². The summed E-state index contributed by atoms with van der Waals surface area (Å²) >= 11 is 0. The zero-order valence-corrected chi connectivity index (χ0v) is 8.60. The van der Waals surface area contributed by atoms with Crippen molar-refractivity contribution in [2.45, 2.75) is 25.7 Å². The van der Waals surface area contributed by atoms with Gasteiger partial charge in [0.05, 0.1) is 0 Å².